The summed E-state index contributed by atoms with van der Waals surface area (Å²) in [5, 5.41) is 0. The quantitative estimate of drug-likeness (QED) is 0.781. The van der Waals surface area contributed by atoms with Crippen LogP contribution in [0.2, 0.25) is 0 Å². The maximum Gasteiger partial charge on any atom is 0.166 e. The third kappa shape index (κ3) is 3.88. The molecule has 0 N–H and O–H groups in total. The number of carbonyl (C=O) groups excluding carboxylic acids is 1. The van der Waals surface area contributed by atoms with Crippen LogP contribution in [0.25, 0.3) is 0 Å². The average Bonchev–Trinajstić information content (AvgIpc) is 2.29. The van der Waals surface area contributed by atoms with Gasteiger partial charge in [-0.1, -0.05) is 19.9 Å². The van der Waals surface area contributed by atoms with E-state index in [2.05, 4.69) is 0 Å². The molecule has 100 valence electrons. The molecule has 0 aliphatic carbocycles. The first-order valence-electron chi connectivity index (χ1n) is 6.04. The van der Waals surface area contributed by atoms with Crippen LogP contribution in [-0.2, 0) is 16.0 Å². The fourth-order valence-electron chi connectivity index (χ4n) is 1.79. The van der Waals surface area contributed by atoms with Gasteiger partial charge < -0.3 is 4.74 Å². The fourth-order valence-corrected chi connectivity index (χ4v) is 1.79. The van der Waals surface area contributed by atoms with Crippen molar-refractivity contribution in [2.24, 2.45) is 5.92 Å². The smallest absolute Gasteiger partial charge is 0.166 e. The zero-order valence-electron chi connectivity index (χ0n) is 10.9. The van der Waals surface area contributed by atoms with E-state index in [1.807, 2.05) is 13.8 Å². The highest BCUT2D eigenvalue weighted by Gasteiger charge is 2.23. The van der Waals surface area contributed by atoms with E-state index in [0.717, 1.165) is 12.1 Å². The standard InChI is InChI=1S/C14H18F2O2/c1-4-18-14(9(2)3)13(17)7-10-5-6-11(15)8-12(10)16/h5-6,8-9,14H,4,7H2,1-3H3. The number of ether oxygens (including phenoxy) is 1. The SMILES string of the molecule is CCOC(C(=O)Cc1ccc(F)cc1F)C(C)C. The Bertz CT molecular complexity index is 416. The van der Waals surface area contributed by atoms with E-state index in [1.54, 1.807) is 6.92 Å². The molecule has 0 spiro atoms. The lowest BCUT2D eigenvalue weighted by atomic mass is 9.97. The first kappa shape index (κ1) is 14.8. The van der Waals surface area contributed by atoms with Gasteiger partial charge in [0.05, 0.1) is 0 Å². The molecule has 0 aromatic heterocycles. The number of ketones is 1. The van der Waals surface area contributed by atoms with Gasteiger partial charge in [0.15, 0.2) is 5.78 Å². The Kier molecular flexibility index (Phi) is 5.41. The summed E-state index contributed by atoms with van der Waals surface area (Å²) < 4.78 is 31.5. The van der Waals surface area contributed by atoms with Crippen molar-refractivity contribution in [1.82, 2.24) is 0 Å². The van der Waals surface area contributed by atoms with Gasteiger partial charge in [-0.15, -0.1) is 0 Å². The zero-order chi connectivity index (χ0) is 13.7. The number of benzene rings is 1. The van der Waals surface area contributed by atoms with Gasteiger partial charge >= 0.3 is 0 Å². The second-order valence-corrected chi connectivity index (χ2v) is 4.50. The van der Waals surface area contributed by atoms with Crippen LogP contribution >= 0.6 is 0 Å². The Hall–Kier alpha value is -1.29. The molecule has 1 atom stereocenters. The van der Waals surface area contributed by atoms with Crippen molar-refractivity contribution in [3.8, 4) is 0 Å². The van der Waals surface area contributed by atoms with Crippen molar-refractivity contribution in [2.45, 2.75) is 33.3 Å². The first-order valence-corrected chi connectivity index (χ1v) is 6.04. The monoisotopic (exact) mass is 256 g/mol. The minimum Gasteiger partial charge on any atom is -0.370 e. The molecule has 4 heteroatoms. The third-order valence-corrected chi connectivity index (χ3v) is 2.65. The molecule has 0 aliphatic rings. The number of hydrogen-bond acceptors (Lipinski definition) is 2. The van der Waals surface area contributed by atoms with Gasteiger partial charge in [0.2, 0.25) is 0 Å². The van der Waals surface area contributed by atoms with Crippen molar-refractivity contribution < 1.29 is 18.3 Å². The summed E-state index contributed by atoms with van der Waals surface area (Å²) in [5.41, 5.74) is 0.201. The van der Waals surface area contributed by atoms with Gasteiger partial charge in [-0.05, 0) is 24.5 Å². The molecule has 1 aromatic carbocycles. The van der Waals surface area contributed by atoms with E-state index in [0.29, 0.717) is 6.61 Å². The molecular weight excluding hydrogens is 238 g/mol. The molecule has 0 radical (unpaired) electrons. The summed E-state index contributed by atoms with van der Waals surface area (Å²) in [6.07, 6.45) is -0.617. The van der Waals surface area contributed by atoms with Crippen LogP contribution in [0.15, 0.2) is 18.2 Å². The molecule has 1 unspecified atom stereocenters. The first-order chi connectivity index (χ1) is 8.45. The summed E-state index contributed by atoms with van der Waals surface area (Å²) in [5.74, 6) is -1.49. The molecule has 1 aromatic rings. The molecule has 0 saturated carbocycles. The third-order valence-electron chi connectivity index (χ3n) is 2.65. The average molecular weight is 256 g/mol. The molecule has 0 amide bonds. The topological polar surface area (TPSA) is 26.3 Å². The van der Waals surface area contributed by atoms with Gasteiger partial charge in [-0.2, -0.15) is 0 Å². The van der Waals surface area contributed by atoms with E-state index in [1.165, 1.54) is 6.07 Å². The molecular formula is C14H18F2O2. The predicted molar refractivity (Wildman–Crippen MR) is 65.3 cm³/mol. The Morgan fingerprint density at radius 2 is 2.00 bits per heavy atom. The number of Topliss-reactive ketones (excluding diaryl/α,β-unsaturated/α-hetero) is 1. The van der Waals surface area contributed by atoms with Crippen LogP contribution in [0.1, 0.15) is 26.3 Å². The Labute approximate surface area is 106 Å². The molecule has 0 saturated heterocycles. The van der Waals surface area contributed by atoms with Crippen molar-refractivity contribution in [3.63, 3.8) is 0 Å². The summed E-state index contributed by atoms with van der Waals surface area (Å²) in [7, 11) is 0. The summed E-state index contributed by atoms with van der Waals surface area (Å²) >= 11 is 0. The van der Waals surface area contributed by atoms with E-state index >= 15 is 0 Å². The van der Waals surface area contributed by atoms with Crippen LogP contribution in [-0.4, -0.2) is 18.5 Å². The predicted octanol–water partition coefficient (Wildman–Crippen LogP) is 3.14. The van der Waals surface area contributed by atoms with Crippen LogP contribution in [0.4, 0.5) is 8.78 Å². The normalized spacial score (nSPS) is 12.8. The van der Waals surface area contributed by atoms with Gasteiger partial charge in [0.1, 0.15) is 17.7 Å². The van der Waals surface area contributed by atoms with Gasteiger partial charge in [0, 0.05) is 19.1 Å². The Morgan fingerprint density at radius 3 is 2.50 bits per heavy atom. The largest absolute Gasteiger partial charge is 0.370 e. The highest BCUT2D eigenvalue weighted by atomic mass is 19.1. The highest BCUT2D eigenvalue weighted by Crippen LogP contribution is 2.15. The van der Waals surface area contributed by atoms with E-state index in [-0.39, 0.29) is 23.7 Å². The molecule has 0 aliphatic heterocycles. The van der Waals surface area contributed by atoms with Crippen molar-refractivity contribution in [2.75, 3.05) is 6.61 Å². The summed E-state index contributed by atoms with van der Waals surface area (Å²) in [6.45, 7) is 5.99. The minimum atomic E-state index is -0.692. The number of halogens is 2. The van der Waals surface area contributed by atoms with Gasteiger partial charge in [0.25, 0.3) is 0 Å². The zero-order valence-corrected chi connectivity index (χ0v) is 10.9. The lowest BCUT2D eigenvalue weighted by Crippen LogP contribution is -2.31. The van der Waals surface area contributed by atoms with Gasteiger partial charge in [-0.25, -0.2) is 8.78 Å². The van der Waals surface area contributed by atoms with Crippen molar-refractivity contribution in [3.05, 3.63) is 35.4 Å². The van der Waals surface area contributed by atoms with Crippen LogP contribution in [0, 0.1) is 17.6 Å². The number of carbonyl (C=O) groups is 1. The highest BCUT2D eigenvalue weighted by molar-refractivity contribution is 5.85. The van der Waals surface area contributed by atoms with E-state index < -0.39 is 17.7 Å². The molecule has 18 heavy (non-hydrogen) atoms. The van der Waals surface area contributed by atoms with Crippen molar-refractivity contribution in [1.29, 1.82) is 0 Å². The summed E-state index contributed by atoms with van der Waals surface area (Å²) in [6, 6.07) is 3.23. The van der Waals surface area contributed by atoms with Crippen LogP contribution in [0.5, 0.6) is 0 Å². The van der Waals surface area contributed by atoms with E-state index in [4.69, 9.17) is 4.74 Å². The maximum atomic E-state index is 13.4. The van der Waals surface area contributed by atoms with E-state index in [9.17, 15) is 13.6 Å². The van der Waals surface area contributed by atoms with Gasteiger partial charge in [-0.3, -0.25) is 4.79 Å². The lowest BCUT2D eigenvalue weighted by molar-refractivity contribution is -0.132. The number of rotatable bonds is 6. The number of hydrogen-bond donors (Lipinski definition) is 0. The summed E-state index contributed by atoms with van der Waals surface area (Å²) in [4.78, 5) is 12.0. The molecule has 0 heterocycles. The molecule has 2 nitrogen and oxygen atoms in total. The fraction of sp³-hybridized carbons (Fsp3) is 0.500. The molecule has 0 fully saturated rings. The maximum absolute atomic E-state index is 13.4. The Balaban J connectivity index is 2.79. The van der Waals surface area contributed by atoms with Crippen LogP contribution < -0.4 is 0 Å². The minimum absolute atomic E-state index is 0.0287. The molecule has 1 rings (SSSR count). The second kappa shape index (κ2) is 6.59. The lowest BCUT2D eigenvalue weighted by Gasteiger charge is -2.19. The van der Waals surface area contributed by atoms with Crippen molar-refractivity contribution >= 4 is 5.78 Å². The molecule has 0 bridgehead atoms. The second-order valence-electron chi connectivity index (χ2n) is 4.50. The van der Waals surface area contributed by atoms with Crippen LogP contribution in [0.3, 0.4) is 0 Å². The Morgan fingerprint density at radius 1 is 1.33 bits per heavy atom.